The van der Waals surface area contributed by atoms with Crippen LogP contribution in [-0.2, 0) is 4.74 Å². The van der Waals surface area contributed by atoms with E-state index >= 15 is 0 Å². The van der Waals surface area contributed by atoms with E-state index in [1.54, 1.807) is 46.0 Å². The Labute approximate surface area is 154 Å². The van der Waals surface area contributed by atoms with Gasteiger partial charge in [-0.1, -0.05) is 0 Å². The normalized spacial score (nSPS) is 19.6. The number of nitrogens with one attached hydrogen (secondary N) is 1. The standard InChI is InChI=1S/C18H19FN4O4/c1-17(2,3)27-16(26)21-18(4)9-10(19)8-11(18)14-20-13(15(24)25)12-6-5-7-23(12)22-14/h5-9H,1-4H3,(H,21,26)(H,24,25). The second-order valence-corrected chi connectivity index (χ2v) is 7.34. The van der Waals surface area contributed by atoms with Crippen molar-refractivity contribution in [2.24, 2.45) is 0 Å². The Bertz CT molecular complexity index is 1000. The second-order valence-electron chi connectivity index (χ2n) is 7.34. The molecule has 0 aliphatic heterocycles. The first-order valence-corrected chi connectivity index (χ1v) is 8.19. The summed E-state index contributed by atoms with van der Waals surface area (Å²) in [5.41, 5.74) is -1.74. The minimum Gasteiger partial charge on any atom is -0.476 e. The molecular formula is C18H19FN4O4. The molecule has 2 aromatic rings. The van der Waals surface area contributed by atoms with Crippen molar-refractivity contribution in [3.63, 3.8) is 0 Å². The molecule has 0 saturated carbocycles. The van der Waals surface area contributed by atoms with Gasteiger partial charge in [0.2, 0.25) is 0 Å². The number of amides is 1. The summed E-state index contributed by atoms with van der Waals surface area (Å²) >= 11 is 0. The summed E-state index contributed by atoms with van der Waals surface area (Å²) in [5.74, 6) is -1.86. The average molecular weight is 374 g/mol. The average Bonchev–Trinajstić information content (AvgIpc) is 3.07. The first-order valence-electron chi connectivity index (χ1n) is 8.19. The van der Waals surface area contributed by atoms with Crippen LogP contribution in [-0.4, -0.2) is 42.9 Å². The summed E-state index contributed by atoms with van der Waals surface area (Å²) in [7, 11) is 0. The molecule has 0 aromatic carbocycles. The number of alkyl carbamates (subject to hydrolysis) is 1. The van der Waals surface area contributed by atoms with E-state index in [9.17, 15) is 19.1 Å². The molecule has 0 saturated heterocycles. The summed E-state index contributed by atoms with van der Waals surface area (Å²) in [6, 6.07) is 3.19. The zero-order valence-electron chi connectivity index (χ0n) is 15.3. The maximum Gasteiger partial charge on any atom is 0.408 e. The lowest BCUT2D eigenvalue weighted by molar-refractivity contribution is 0.0501. The summed E-state index contributed by atoms with van der Waals surface area (Å²) in [6.07, 6.45) is 3.16. The number of hydrogen-bond acceptors (Lipinski definition) is 5. The predicted molar refractivity (Wildman–Crippen MR) is 94.9 cm³/mol. The molecular weight excluding hydrogens is 355 g/mol. The zero-order valence-corrected chi connectivity index (χ0v) is 15.3. The van der Waals surface area contributed by atoms with Crippen LogP contribution in [0.5, 0.6) is 0 Å². The van der Waals surface area contributed by atoms with Gasteiger partial charge in [-0.05, 0) is 52.0 Å². The van der Waals surface area contributed by atoms with Crippen molar-refractivity contribution in [3.05, 3.63) is 47.8 Å². The van der Waals surface area contributed by atoms with Gasteiger partial charge in [-0.2, -0.15) is 0 Å². The van der Waals surface area contributed by atoms with Gasteiger partial charge in [-0.3, -0.25) is 0 Å². The molecule has 0 spiro atoms. The largest absolute Gasteiger partial charge is 0.476 e. The number of fused-ring (bicyclic) bond motifs is 1. The van der Waals surface area contributed by atoms with Crippen LogP contribution in [0.4, 0.5) is 9.18 Å². The fourth-order valence-electron chi connectivity index (χ4n) is 2.80. The third-order valence-electron chi connectivity index (χ3n) is 3.86. The molecule has 1 atom stereocenters. The molecule has 27 heavy (non-hydrogen) atoms. The van der Waals surface area contributed by atoms with E-state index in [0.717, 1.165) is 6.08 Å². The van der Waals surface area contributed by atoms with Crippen molar-refractivity contribution in [3.8, 4) is 0 Å². The second kappa shape index (κ2) is 6.19. The van der Waals surface area contributed by atoms with Crippen LogP contribution in [0.2, 0.25) is 0 Å². The highest BCUT2D eigenvalue weighted by Gasteiger charge is 2.38. The van der Waals surface area contributed by atoms with Crippen LogP contribution in [0.1, 0.15) is 44.0 Å². The Balaban J connectivity index is 2.02. The first kappa shape index (κ1) is 18.6. The van der Waals surface area contributed by atoms with Crippen molar-refractivity contribution in [2.45, 2.75) is 38.8 Å². The van der Waals surface area contributed by atoms with Crippen LogP contribution in [0.15, 0.2) is 36.3 Å². The van der Waals surface area contributed by atoms with E-state index in [1.807, 2.05) is 0 Å². The highest BCUT2D eigenvalue weighted by Crippen LogP contribution is 2.35. The molecule has 1 unspecified atom stereocenters. The molecule has 0 fully saturated rings. The summed E-state index contributed by atoms with van der Waals surface area (Å²) in [5, 5.41) is 16.3. The number of aromatic nitrogens is 3. The van der Waals surface area contributed by atoms with E-state index in [0.29, 0.717) is 5.52 Å². The number of aromatic carboxylic acids is 1. The van der Waals surface area contributed by atoms with Crippen molar-refractivity contribution in [2.75, 3.05) is 0 Å². The van der Waals surface area contributed by atoms with E-state index < -0.39 is 29.0 Å². The Kier molecular flexibility index (Phi) is 4.25. The van der Waals surface area contributed by atoms with Gasteiger partial charge in [-0.25, -0.2) is 23.5 Å². The molecule has 9 heteroatoms. The third-order valence-corrected chi connectivity index (χ3v) is 3.86. The molecule has 142 valence electrons. The molecule has 2 aromatic heterocycles. The van der Waals surface area contributed by atoms with Gasteiger partial charge < -0.3 is 15.2 Å². The molecule has 1 aliphatic carbocycles. The topological polar surface area (TPSA) is 106 Å². The third kappa shape index (κ3) is 3.67. The van der Waals surface area contributed by atoms with Crippen molar-refractivity contribution in [1.29, 1.82) is 0 Å². The number of ether oxygens (including phenoxy) is 1. The van der Waals surface area contributed by atoms with Gasteiger partial charge in [0.25, 0.3) is 0 Å². The number of carbonyl (C=O) groups excluding carboxylic acids is 1. The van der Waals surface area contributed by atoms with Crippen LogP contribution in [0.25, 0.3) is 11.1 Å². The predicted octanol–water partition coefficient (Wildman–Crippen LogP) is 2.96. The lowest BCUT2D eigenvalue weighted by Crippen LogP contribution is -2.47. The first-order chi connectivity index (χ1) is 12.5. The molecule has 1 amide bonds. The van der Waals surface area contributed by atoms with Crippen LogP contribution in [0.3, 0.4) is 0 Å². The molecule has 2 heterocycles. The fraction of sp³-hybridized carbons (Fsp3) is 0.333. The molecule has 8 nitrogen and oxygen atoms in total. The van der Waals surface area contributed by atoms with Crippen LogP contribution < -0.4 is 5.32 Å². The minimum atomic E-state index is -1.30. The summed E-state index contributed by atoms with van der Waals surface area (Å²) in [6.45, 7) is 6.68. The van der Waals surface area contributed by atoms with Crippen molar-refractivity contribution in [1.82, 2.24) is 19.9 Å². The maximum atomic E-state index is 14.1. The fourth-order valence-corrected chi connectivity index (χ4v) is 2.80. The van der Waals surface area contributed by atoms with Gasteiger partial charge in [-0.15, -0.1) is 5.10 Å². The Hall–Kier alpha value is -3.23. The lowest BCUT2D eigenvalue weighted by Gasteiger charge is -2.29. The van der Waals surface area contributed by atoms with E-state index in [1.165, 1.54) is 10.6 Å². The van der Waals surface area contributed by atoms with E-state index in [4.69, 9.17) is 4.74 Å². The number of halogens is 1. The van der Waals surface area contributed by atoms with Crippen LogP contribution in [0, 0.1) is 0 Å². The van der Waals surface area contributed by atoms with Crippen molar-refractivity contribution < 1.29 is 23.8 Å². The van der Waals surface area contributed by atoms with Gasteiger partial charge in [0, 0.05) is 11.8 Å². The molecule has 3 rings (SSSR count). The number of carbonyl (C=O) groups is 2. The molecule has 1 aliphatic rings. The van der Waals surface area contributed by atoms with Crippen molar-refractivity contribution >= 4 is 23.2 Å². The Morgan fingerprint density at radius 2 is 2.07 bits per heavy atom. The number of nitrogens with zero attached hydrogens (tertiary/aromatic N) is 3. The monoisotopic (exact) mass is 374 g/mol. The highest BCUT2D eigenvalue weighted by atomic mass is 19.1. The molecule has 2 N–H and O–H groups in total. The van der Waals surface area contributed by atoms with Gasteiger partial charge in [0.15, 0.2) is 11.5 Å². The number of rotatable bonds is 3. The Morgan fingerprint density at radius 3 is 2.70 bits per heavy atom. The van der Waals surface area contributed by atoms with Gasteiger partial charge in [0.1, 0.15) is 11.4 Å². The number of carboxylic acid groups (broad SMARTS) is 1. The van der Waals surface area contributed by atoms with Crippen LogP contribution >= 0.6 is 0 Å². The molecule has 0 radical (unpaired) electrons. The number of allylic oxidation sites excluding steroid dienone is 2. The zero-order chi connectivity index (χ0) is 20.0. The minimum absolute atomic E-state index is 0.0152. The number of carboxylic acids is 1. The quantitative estimate of drug-likeness (QED) is 0.856. The smallest absolute Gasteiger partial charge is 0.408 e. The summed E-state index contributed by atoms with van der Waals surface area (Å²) < 4.78 is 20.6. The van der Waals surface area contributed by atoms with Gasteiger partial charge >= 0.3 is 12.1 Å². The maximum absolute atomic E-state index is 14.1. The SMILES string of the molecule is CC(C)(C)OC(=O)NC1(C)C=C(F)C=C1c1nc(C(=O)O)c2cccn2n1. The van der Waals surface area contributed by atoms with E-state index in [2.05, 4.69) is 15.4 Å². The number of hydrogen-bond donors (Lipinski definition) is 2. The van der Waals surface area contributed by atoms with Gasteiger partial charge in [0.05, 0.1) is 11.1 Å². The van der Waals surface area contributed by atoms with E-state index in [-0.39, 0.29) is 17.1 Å². The molecule has 0 bridgehead atoms. The highest BCUT2D eigenvalue weighted by molar-refractivity contribution is 5.94. The summed E-state index contributed by atoms with van der Waals surface area (Å²) in [4.78, 5) is 27.8. The lowest BCUT2D eigenvalue weighted by atomic mass is 9.95. The Morgan fingerprint density at radius 1 is 1.37 bits per heavy atom.